The molecule has 0 fully saturated rings. The van der Waals surface area contributed by atoms with E-state index in [1.807, 2.05) is 6.07 Å². The predicted molar refractivity (Wildman–Crippen MR) is 167 cm³/mol. The largest absolute Gasteiger partial charge is 0.496 e. The van der Waals surface area contributed by atoms with Crippen molar-refractivity contribution >= 4 is 57.5 Å². The number of rotatable bonds is 11. The van der Waals surface area contributed by atoms with Crippen molar-refractivity contribution in [1.29, 1.82) is 0 Å². The van der Waals surface area contributed by atoms with E-state index in [9.17, 15) is 14.4 Å². The number of nitrogens with one attached hydrogen (secondary N) is 2. The van der Waals surface area contributed by atoms with Gasteiger partial charge in [0.15, 0.2) is 11.0 Å². The fourth-order valence-corrected chi connectivity index (χ4v) is 7.08. The molecule has 2 aromatic heterocycles. The van der Waals surface area contributed by atoms with Crippen molar-refractivity contribution in [3.8, 4) is 11.4 Å². The Bertz CT molecular complexity index is 1650. The first-order valence-corrected chi connectivity index (χ1v) is 15.9. The summed E-state index contributed by atoms with van der Waals surface area (Å²) in [7, 11) is 1.51. The topological polar surface area (TPSA) is 124 Å². The number of amides is 2. The van der Waals surface area contributed by atoms with Crippen LogP contribution in [0.1, 0.15) is 56.7 Å². The Morgan fingerprint density at radius 3 is 2.70 bits per heavy atom. The van der Waals surface area contributed by atoms with Crippen LogP contribution in [0, 0.1) is 0 Å². The quantitative estimate of drug-likeness (QED) is 0.158. The standard InChI is InChI=1S/C30H30ClN5O5S2/c1-3-41-29(39)26-21-12-5-7-14-23(21)43-28(26)33-25(37)17-42-30-35-34-24(36(30)19-10-8-9-18(31)15-19)16-32-27(38)20-11-4-6-13-22(20)40-2/h4,6,8-11,13,15H,3,5,7,12,14,16-17H2,1-2H3,(H,32,38)(H,33,37). The second kappa shape index (κ2) is 14.1. The number of carbonyl (C=O) groups is 3. The first-order chi connectivity index (χ1) is 20.9. The molecule has 5 rings (SSSR count). The van der Waals surface area contributed by atoms with Crippen LogP contribution < -0.4 is 15.4 Å². The van der Waals surface area contributed by atoms with Gasteiger partial charge in [-0.15, -0.1) is 21.5 Å². The number of esters is 1. The van der Waals surface area contributed by atoms with E-state index in [0.717, 1.165) is 36.1 Å². The highest BCUT2D eigenvalue weighted by Gasteiger charge is 2.27. The maximum atomic E-state index is 13.1. The van der Waals surface area contributed by atoms with Gasteiger partial charge in [-0.1, -0.05) is 41.6 Å². The number of nitrogens with zero attached hydrogens (tertiary/aromatic N) is 3. The molecule has 0 saturated carbocycles. The van der Waals surface area contributed by atoms with E-state index in [2.05, 4.69) is 20.8 Å². The number of ether oxygens (including phenoxy) is 2. The number of carbonyl (C=O) groups excluding carboxylic acids is 3. The fraction of sp³-hybridized carbons (Fsp3) is 0.300. The minimum Gasteiger partial charge on any atom is -0.496 e. The van der Waals surface area contributed by atoms with Crippen LogP contribution in [0.2, 0.25) is 5.02 Å². The zero-order chi connectivity index (χ0) is 30.3. The third-order valence-electron chi connectivity index (χ3n) is 6.76. The van der Waals surface area contributed by atoms with Crippen molar-refractivity contribution in [3.63, 3.8) is 0 Å². The Labute approximate surface area is 262 Å². The van der Waals surface area contributed by atoms with Crippen LogP contribution in [0.3, 0.4) is 0 Å². The van der Waals surface area contributed by atoms with E-state index >= 15 is 0 Å². The van der Waals surface area contributed by atoms with E-state index < -0.39 is 5.97 Å². The van der Waals surface area contributed by atoms with Crippen LogP contribution in [0.4, 0.5) is 5.00 Å². The van der Waals surface area contributed by atoms with Crippen LogP contribution >= 0.6 is 34.7 Å². The summed E-state index contributed by atoms with van der Waals surface area (Å²) in [4.78, 5) is 40.0. The number of aromatic nitrogens is 3. The van der Waals surface area contributed by atoms with Gasteiger partial charge in [-0.2, -0.15) is 0 Å². The number of thiophene rings is 1. The lowest BCUT2D eigenvalue weighted by molar-refractivity contribution is -0.113. The highest BCUT2D eigenvalue weighted by molar-refractivity contribution is 7.99. The molecule has 10 nitrogen and oxygen atoms in total. The van der Waals surface area contributed by atoms with Gasteiger partial charge >= 0.3 is 5.97 Å². The van der Waals surface area contributed by atoms with Gasteiger partial charge in [-0.25, -0.2) is 4.79 Å². The summed E-state index contributed by atoms with van der Waals surface area (Å²) in [6.07, 6.45) is 3.74. The molecular formula is C30H30ClN5O5S2. The highest BCUT2D eigenvalue weighted by Crippen LogP contribution is 2.39. The van der Waals surface area contributed by atoms with Crippen LogP contribution in [-0.2, 0) is 28.9 Å². The summed E-state index contributed by atoms with van der Waals surface area (Å²) >= 11 is 8.91. The molecule has 0 atom stereocenters. The first kappa shape index (κ1) is 30.6. The number of aryl methyl sites for hydroxylation is 1. The number of halogens is 1. The van der Waals surface area contributed by atoms with Crippen LogP contribution in [0.5, 0.6) is 5.75 Å². The Morgan fingerprint density at radius 2 is 1.91 bits per heavy atom. The number of benzene rings is 2. The molecule has 2 amide bonds. The first-order valence-electron chi connectivity index (χ1n) is 13.7. The van der Waals surface area contributed by atoms with Crippen molar-refractivity contribution in [2.75, 3.05) is 24.8 Å². The van der Waals surface area contributed by atoms with Gasteiger partial charge in [-0.05, 0) is 68.5 Å². The number of para-hydroxylation sites is 1. The summed E-state index contributed by atoms with van der Waals surface area (Å²) in [5.74, 6) is -0.119. The lowest BCUT2D eigenvalue weighted by atomic mass is 9.95. The molecule has 2 heterocycles. The molecule has 0 radical (unpaired) electrons. The van der Waals surface area contributed by atoms with Gasteiger partial charge in [0.25, 0.3) is 5.91 Å². The van der Waals surface area contributed by atoms with Gasteiger partial charge in [0.2, 0.25) is 5.91 Å². The van der Waals surface area contributed by atoms with Crippen molar-refractivity contribution in [3.05, 3.63) is 80.9 Å². The molecule has 224 valence electrons. The van der Waals surface area contributed by atoms with E-state index in [4.69, 9.17) is 21.1 Å². The SMILES string of the molecule is CCOC(=O)c1c(NC(=O)CSc2nnc(CNC(=O)c3ccccc3OC)n2-c2cccc(Cl)c2)sc2c1CCCC2. The number of thioether (sulfide) groups is 1. The molecule has 1 aliphatic carbocycles. The van der Waals surface area contributed by atoms with Crippen molar-refractivity contribution in [2.45, 2.75) is 44.3 Å². The monoisotopic (exact) mass is 639 g/mol. The van der Waals surface area contributed by atoms with Gasteiger partial charge in [0.1, 0.15) is 10.8 Å². The summed E-state index contributed by atoms with van der Waals surface area (Å²) in [6.45, 7) is 2.08. The van der Waals surface area contributed by atoms with Gasteiger partial charge in [0.05, 0.1) is 42.8 Å². The maximum Gasteiger partial charge on any atom is 0.341 e. The smallest absolute Gasteiger partial charge is 0.341 e. The molecule has 13 heteroatoms. The summed E-state index contributed by atoms with van der Waals surface area (Å²) < 4.78 is 12.4. The molecule has 2 N–H and O–H groups in total. The Balaban J connectivity index is 1.34. The van der Waals surface area contributed by atoms with Crippen LogP contribution in [-0.4, -0.2) is 52.0 Å². The molecule has 4 aromatic rings. The molecule has 0 aliphatic heterocycles. The molecule has 0 unspecified atom stereocenters. The average molecular weight is 640 g/mol. The third kappa shape index (κ3) is 7.03. The van der Waals surface area contributed by atoms with Crippen LogP contribution in [0.25, 0.3) is 5.69 Å². The van der Waals surface area contributed by atoms with Crippen molar-refractivity contribution in [2.24, 2.45) is 0 Å². The minimum absolute atomic E-state index is 0.0110. The molecule has 0 bridgehead atoms. The van der Waals surface area contributed by atoms with E-state index in [1.165, 1.54) is 30.2 Å². The molecule has 43 heavy (non-hydrogen) atoms. The molecule has 0 saturated heterocycles. The molecule has 0 spiro atoms. The number of hydrogen-bond acceptors (Lipinski definition) is 9. The molecule has 1 aliphatic rings. The summed E-state index contributed by atoms with van der Waals surface area (Å²) in [5, 5.41) is 15.9. The Kier molecular flexibility index (Phi) is 10.0. The summed E-state index contributed by atoms with van der Waals surface area (Å²) in [5.41, 5.74) is 2.52. The van der Waals surface area contributed by atoms with Crippen molar-refractivity contribution in [1.82, 2.24) is 20.1 Å². The second-order valence-corrected chi connectivity index (χ2v) is 12.1. The van der Waals surface area contributed by atoms with E-state index in [-0.39, 0.29) is 30.7 Å². The van der Waals surface area contributed by atoms with Gasteiger partial charge in [-0.3, -0.25) is 14.2 Å². The molecular weight excluding hydrogens is 610 g/mol. The zero-order valence-electron chi connectivity index (χ0n) is 23.6. The predicted octanol–water partition coefficient (Wildman–Crippen LogP) is 5.71. The Morgan fingerprint density at radius 1 is 1.09 bits per heavy atom. The highest BCUT2D eigenvalue weighted by atomic mass is 35.5. The van der Waals surface area contributed by atoms with E-state index in [0.29, 0.717) is 43.6 Å². The number of methoxy groups -OCH3 is 1. The van der Waals surface area contributed by atoms with Crippen molar-refractivity contribution < 1.29 is 23.9 Å². The minimum atomic E-state index is -0.412. The maximum absolute atomic E-state index is 13.1. The van der Waals surface area contributed by atoms with Gasteiger partial charge in [0, 0.05) is 9.90 Å². The fourth-order valence-electron chi connectivity index (χ4n) is 4.84. The van der Waals surface area contributed by atoms with Gasteiger partial charge < -0.3 is 20.1 Å². The number of anilines is 1. The summed E-state index contributed by atoms with van der Waals surface area (Å²) in [6, 6.07) is 14.1. The average Bonchev–Trinajstić information content (AvgIpc) is 3.59. The second-order valence-electron chi connectivity index (χ2n) is 9.57. The molecule has 2 aromatic carbocycles. The number of hydrogen-bond donors (Lipinski definition) is 2. The zero-order valence-corrected chi connectivity index (χ0v) is 26.0. The third-order valence-corrected chi connectivity index (χ3v) is 9.13. The lowest BCUT2D eigenvalue weighted by Crippen LogP contribution is -2.25. The van der Waals surface area contributed by atoms with E-state index in [1.54, 1.807) is 54.0 Å². The normalized spacial score (nSPS) is 12.3. The van der Waals surface area contributed by atoms with Crippen LogP contribution in [0.15, 0.2) is 53.7 Å². The number of fused-ring (bicyclic) bond motifs is 1. The lowest BCUT2D eigenvalue weighted by Gasteiger charge is -2.13. The Hall–Kier alpha value is -3.87.